The molecule has 0 bridgehead atoms. The van der Waals surface area contributed by atoms with Crippen LogP contribution in [0.25, 0.3) is 0 Å². The zero-order valence-electron chi connectivity index (χ0n) is 18.0. The zero-order valence-corrected chi connectivity index (χ0v) is 18.8. The van der Waals surface area contributed by atoms with Gasteiger partial charge in [0.1, 0.15) is 17.6 Å². The van der Waals surface area contributed by atoms with Gasteiger partial charge in [0, 0.05) is 26.2 Å². The minimum absolute atomic E-state index is 0.285. The maximum Gasteiger partial charge on any atom is 0.246 e. The number of anilines is 2. The summed E-state index contributed by atoms with van der Waals surface area (Å²) in [4.78, 5) is 16.7. The van der Waals surface area contributed by atoms with Crippen LogP contribution in [0.3, 0.4) is 0 Å². The van der Waals surface area contributed by atoms with Crippen molar-refractivity contribution in [3.63, 3.8) is 0 Å². The number of hydrogen-bond donors (Lipinski definition) is 0. The van der Waals surface area contributed by atoms with Crippen LogP contribution >= 0.6 is 0 Å². The van der Waals surface area contributed by atoms with Crippen LogP contribution in [-0.2, 0) is 14.8 Å². The third-order valence-corrected chi connectivity index (χ3v) is 6.49. The molecular formula is C22H28FN3O4S. The number of nitrogens with zero attached hydrogens (tertiary/aromatic N) is 3. The van der Waals surface area contributed by atoms with Gasteiger partial charge in [-0.05, 0) is 50.2 Å². The number of rotatable bonds is 7. The maximum absolute atomic E-state index is 14.1. The molecule has 1 heterocycles. The Morgan fingerprint density at radius 2 is 1.71 bits per heavy atom. The first-order valence-electron chi connectivity index (χ1n) is 10.2. The van der Waals surface area contributed by atoms with E-state index in [0.717, 1.165) is 10.6 Å². The summed E-state index contributed by atoms with van der Waals surface area (Å²) in [7, 11) is -3.70. The molecule has 168 valence electrons. The summed E-state index contributed by atoms with van der Waals surface area (Å²) in [6, 6.07) is 12.3. The highest BCUT2D eigenvalue weighted by Crippen LogP contribution is 2.26. The number of para-hydroxylation sites is 1. The monoisotopic (exact) mass is 449 g/mol. The Morgan fingerprint density at radius 1 is 1.10 bits per heavy atom. The predicted molar refractivity (Wildman–Crippen MR) is 120 cm³/mol. The molecule has 1 unspecified atom stereocenters. The van der Waals surface area contributed by atoms with E-state index < -0.39 is 16.1 Å². The van der Waals surface area contributed by atoms with Gasteiger partial charge in [-0.25, -0.2) is 12.8 Å². The topological polar surface area (TPSA) is 70.2 Å². The van der Waals surface area contributed by atoms with E-state index in [1.807, 2.05) is 11.8 Å². The Morgan fingerprint density at radius 3 is 2.26 bits per heavy atom. The lowest BCUT2D eigenvalue weighted by Gasteiger charge is -2.39. The Bertz CT molecular complexity index is 1010. The second-order valence-corrected chi connectivity index (χ2v) is 9.28. The van der Waals surface area contributed by atoms with Crippen molar-refractivity contribution in [1.29, 1.82) is 0 Å². The third-order valence-electron chi connectivity index (χ3n) is 5.25. The first-order chi connectivity index (χ1) is 14.7. The number of carbonyl (C=O) groups is 1. The van der Waals surface area contributed by atoms with E-state index in [1.54, 1.807) is 54.3 Å². The van der Waals surface area contributed by atoms with Crippen LogP contribution in [0.1, 0.15) is 13.8 Å². The van der Waals surface area contributed by atoms with E-state index in [-0.39, 0.29) is 11.7 Å². The van der Waals surface area contributed by atoms with Crippen LogP contribution in [0, 0.1) is 5.82 Å². The summed E-state index contributed by atoms with van der Waals surface area (Å²) in [5.74, 6) is 0.0461. The number of amides is 1. The van der Waals surface area contributed by atoms with Gasteiger partial charge in [-0.3, -0.25) is 9.10 Å². The summed E-state index contributed by atoms with van der Waals surface area (Å²) in [6.45, 7) is 5.68. The summed E-state index contributed by atoms with van der Waals surface area (Å²) in [5, 5.41) is 0. The summed E-state index contributed by atoms with van der Waals surface area (Å²) >= 11 is 0. The molecule has 0 radical (unpaired) electrons. The van der Waals surface area contributed by atoms with Gasteiger partial charge < -0.3 is 14.5 Å². The number of ether oxygens (including phenoxy) is 1. The van der Waals surface area contributed by atoms with E-state index in [4.69, 9.17) is 4.74 Å². The molecule has 1 atom stereocenters. The highest BCUT2D eigenvalue weighted by Gasteiger charge is 2.33. The van der Waals surface area contributed by atoms with Crippen molar-refractivity contribution < 1.29 is 22.3 Å². The van der Waals surface area contributed by atoms with Crippen molar-refractivity contribution in [2.45, 2.75) is 19.9 Å². The van der Waals surface area contributed by atoms with Crippen molar-refractivity contribution in [3.8, 4) is 5.75 Å². The Balaban J connectivity index is 1.73. The minimum Gasteiger partial charge on any atom is -0.494 e. The van der Waals surface area contributed by atoms with Gasteiger partial charge in [0.25, 0.3) is 0 Å². The van der Waals surface area contributed by atoms with Crippen molar-refractivity contribution in [2.75, 3.05) is 48.2 Å². The number of piperazine rings is 1. The van der Waals surface area contributed by atoms with Gasteiger partial charge in [0.2, 0.25) is 15.9 Å². The van der Waals surface area contributed by atoms with E-state index in [9.17, 15) is 17.6 Å². The number of halogens is 1. The fraction of sp³-hybridized carbons (Fsp3) is 0.409. The van der Waals surface area contributed by atoms with Crippen molar-refractivity contribution >= 4 is 27.3 Å². The summed E-state index contributed by atoms with van der Waals surface area (Å²) < 4.78 is 45.6. The fourth-order valence-electron chi connectivity index (χ4n) is 3.80. The van der Waals surface area contributed by atoms with Gasteiger partial charge >= 0.3 is 0 Å². The van der Waals surface area contributed by atoms with E-state index in [1.165, 1.54) is 6.07 Å². The predicted octanol–water partition coefficient (Wildman–Crippen LogP) is 2.73. The first-order valence-corrected chi connectivity index (χ1v) is 12.1. The number of hydrogen-bond acceptors (Lipinski definition) is 5. The first kappa shape index (κ1) is 22.9. The highest BCUT2D eigenvalue weighted by atomic mass is 32.2. The zero-order chi connectivity index (χ0) is 22.6. The standard InChI is InChI=1S/C22H28FN3O4S/c1-4-30-19-11-9-18(10-12-19)26(31(3,28)29)17(2)22(27)25-15-13-24(14-16-25)21-8-6-5-7-20(21)23/h5-12,17H,4,13-16H2,1-3H3. The van der Waals surface area contributed by atoms with Gasteiger partial charge in [-0.2, -0.15) is 0 Å². The smallest absolute Gasteiger partial charge is 0.246 e. The summed E-state index contributed by atoms with van der Waals surface area (Å²) in [5.41, 5.74) is 0.909. The molecule has 0 aromatic heterocycles. The van der Waals surface area contributed by atoms with E-state index >= 15 is 0 Å². The Kier molecular flexibility index (Phi) is 7.04. The van der Waals surface area contributed by atoms with Gasteiger partial charge in [0.05, 0.1) is 24.2 Å². The van der Waals surface area contributed by atoms with Crippen molar-refractivity contribution in [3.05, 3.63) is 54.3 Å². The number of benzene rings is 2. The van der Waals surface area contributed by atoms with E-state index in [0.29, 0.717) is 49.9 Å². The average molecular weight is 450 g/mol. The molecule has 2 aromatic carbocycles. The van der Waals surface area contributed by atoms with Crippen LogP contribution in [0.2, 0.25) is 0 Å². The van der Waals surface area contributed by atoms with Crippen molar-refractivity contribution in [2.24, 2.45) is 0 Å². The molecule has 0 aliphatic carbocycles. The molecule has 7 nitrogen and oxygen atoms in total. The van der Waals surface area contributed by atoms with Crippen molar-refractivity contribution in [1.82, 2.24) is 4.90 Å². The van der Waals surface area contributed by atoms with Gasteiger partial charge in [-0.1, -0.05) is 12.1 Å². The van der Waals surface area contributed by atoms with Crippen LogP contribution in [0.15, 0.2) is 48.5 Å². The molecule has 1 aliphatic rings. The second kappa shape index (κ2) is 9.55. The molecular weight excluding hydrogens is 421 g/mol. The molecule has 1 aliphatic heterocycles. The lowest BCUT2D eigenvalue weighted by molar-refractivity contribution is -0.132. The molecule has 0 N–H and O–H groups in total. The van der Waals surface area contributed by atoms with Gasteiger partial charge in [0.15, 0.2) is 0 Å². The lowest BCUT2D eigenvalue weighted by atomic mass is 10.2. The molecule has 0 saturated carbocycles. The second-order valence-electron chi connectivity index (χ2n) is 7.43. The van der Waals surface area contributed by atoms with Crippen LogP contribution in [0.5, 0.6) is 5.75 Å². The molecule has 1 amide bonds. The lowest BCUT2D eigenvalue weighted by Crippen LogP contribution is -2.55. The Hall–Kier alpha value is -2.81. The third kappa shape index (κ3) is 5.28. The van der Waals surface area contributed by atoms with E-state index in [2.05, 4.69) is 0 Å². The minimum atomic E-state index is -3.70. The SMILES string of the molecule is CCOc1ccc(N(C(C)C(=O)N2CCN(c3ccccc3F)CC2)S(C)(=O)=O)cc1. The molecule has 2 aromatic rings. The normalized spacial score (nSPS) is 15.5. The quantitative estimate of drug-likeness (QED) is 0.650. The molecule has 1 saturated heterocycles. The van der Waals surface area contributed by atoms with Crippen LogP contribution in [0.4, 0.5) is 15.8 Å². The Labute approximate surface area is 183 Å². The van der Waals surface area contributed by atoms with Crippen LogP contribution < -0.4 is 13.9 Å². The fourth-order valence-corrected chi connectivity index (χ4v) is 4.97. The average Bonchev–Trinajstić information content (AvgIpc) is 2.74. The molecule has 0 spiro atoms. The maximum atomic E-state index is 14.1. The highest BCUT2D eigenvalue weighted by molar-refractivity contribution is 7.92. The summed E-state index contributed by atoms with van der Waals surface area (Å²) in [6.07, 6.45) is 1.09. The number of sulfonamides is 1. The van der Waals surface area contributed by atoms with Gasteiger partial charge in [-0.15, -0.1) is 0 Å². The number of carbonyl (C=O) groups excluding carboxylic acids is 1. The molecule has 3 rings (SSSR count). The van der Waals surface area contributed by atoms with Crippen LogP contribution in [-0.4, -0.2) is 64.3 Å². The molecule has 9 heteroatoms. The molecule has 1 fully saturated rings. The largest absolute Gasteiger partial charge is 0.494 e. The molecule has 31 heavy (non-hydrogen) atoms.